The number of methoxy groups -OCH3 is 1. The van der Waals surface area contributed by atoms with Crippen LogP contribution < -0.4 is 5.32 Å². The average molecular weight is 470 g/mol. The molecule has 0 saturated heterocycles. The number of halogens is 1. The first kappa shape index (κ1) is 24.8. The number of anilines is 1. The third-order valence-electron chi connectivity index (χ3n) is 5.24. The average Bonchev–Trinajstić information content (AvgIpc) is 3.20. The minimum absolute atomic E-state index is 0.176. The molecule has 0 spiro atoms. The van der Waals surface area contributed by atoms with Crippen LogP contribution in [0, 0.1) is 5.92 Å². The molecule has 33 heavy (non-hydrogen) atoms. The Morgan fingerprint density at radius 2 is 1.91 bits per heavy atom. The van der Waals surface area contributed by atoms with E-state index >= 15 is 0 Å². The zero-order chi connectivity index (χ0) is 24.0. The molecule has 1 aromatic heterocycles. The first-order chi connectivity index (χ1) is 15.7. The minimum Gasteiger partial charge on any atom is -0.467 e. The molecule has 0 radical (unpaired) electrons. The Bertz CT molecular complexity index is 1090. The van der Waals surface area contributed by atoms with Crippen molar-refractivity contribution in [3.8, 4) is 11.3 Å². The number of hydrogen-bond donors (Lipinski definition) is 1. The normalized spacial score (nSPS) is 11.6. The molecule has 3 aromatic rings. The second kappa shape index (κ2) is 10.9. The van der Waals surface area contributed by atoms with Crippen molar-refractivity contribution in [2.75, 3.05) is 19.0 Å². The highest BCUT2D eigenvalue weighted by Crippen LogP contribution is 2.27. The predicted molar refractivity (Wildman–Crippen MR) is 132 cm³/mol. The van der Waals surface area contributed by atoms with Crippen molar-refractivity contribution in [3.05, 3.63) is 70.9 Å². The quantitative estimate of drug-likeness (QED) is 0.381. The molecular formula is C26H32ClN3O3. The Hall–Kier alpha value is -2.83. The van der Waals surface area contributed by atoms with E-state index in [2.05, 4.69) is 37.4 Å². The Balaban J connectivity index is 1.93. The highest BCUT2D eigenvalue weighted by Gasteiger charge is 2.30. The number of carbonyl (C=O) groups excluding carboxylic acids is 1. The van der Waals surface area contributed by atoms with Gasteiger partial charge in [-0.05, 0) is 49.6 Å². The highest BCUT2D eigenvalue weighted by molar-refractivity contribution is 6.31. The third-order valence-corrected chi connectivity index (χ3v) is 5.61. The summed E-state index contributed by atoms with van der Waals surface area (Å²) in [5.41, 5.74) is 3.65. The molecular weight excluding hydrogens is 438 g/mol. The van der Waals surface area contributed by atoms with E-state index in [0.29, 0.717) is 17.5 Å². The van der Waals surface area contributed by atoms with E-state index in [1.807, 2.05) is 41.1 Å². The number of hydrogen-bond acceptors (Lipinski definition) is 5. The molecule has 1 N–H and O–H groups in total. The maximum atomic E-state index is 12.0. The number of esters is 1. The van der Waals surface area contributed by atoms with Gasteiger partial charge in [0.1, 0.15) is 0 Å². The minimum atomic E-state index is -1.07. The predicted octanol–water partition coefficient (Wildman–Crippen LogP) is 5.79. The summed E-state index contributed by atoms with van der Waals surface area (Å²) in [5, 5.41) is 8.94. The van der Waals surface area contributed by atoms with Gasteiger partial charge in [-0.3, -0.25) is 4.68 Å². The standard InChI is InChI=1S/C26H32ClN3O3/c1-18(2)15-28-21-11-8-10-19(13-21)24-14-22(17-33-26(3,4)25(31)32-5)29-30(24)16-20-9-6-7-12-23(20)27/h6-14,18,28H,15-17H2,1-5H3. The molecule has 0 fully saturated rings. The summed E-state index contributed by atoms with van der Waals surface area (Å²) >= 11 is 6.42. The largest absolute Gasteiger partial charge is 0.467 e. The van der Waals surface area contributed by atoms with Crippen LogP contribution in [0.25, 0.3) is 11.3 Å². The Morgan fingerprint density at radius 1 is 1.15 bits per heavy atom. The molecule has 0 saturated carbocycles. The van der Waals surface area contributed by atoms with E-state index in [0.717, 1.165) is 34.7 Å². The number of ether oxygens (including phenoxy) is 2. The van der Waals surface area contributed by atoms with Gasteiger partial charge in [0.05, 0.1) is 31.6 Å². The lowest BCUT2D eigenvalue weighted by atomic mass is 10.1. The van der Waals surface area contributed by atoms with E-state index < -0.39 is 11.6 Å². The number of aromatic nitrogens is 2. The van der Waals surface area contributed by atoms with Crippen LogP contribution in [0.15, 0.2) is 54.6 Å². The highest BCUT2D eigenvalue weighted by atomic mass is 35.5. The smallest absolute Gasteiger partial charge is 0.337 e. The van der Waals surface area contributed by atoms with Gasteiger partial charge in [0.15, 0.2) is 5.60 Å². The molecule has 2 aromatic carbocycles. The van der Waals surface area contributed by atoms with Crippen molar-refractivity contribution in [1.29, 1.82) is 0 Å². The zero-order valence-electron chi connectivity index (χ0n) is 19.9. The molecule has 0 unspecified atom stereocenters. The van der Waals surface area contributed by atoms with E-state index in [1.54, 1.807) is 13.8 Å². The maximum Gasteiger partial charge on any atom is 0.337 e. The molecule has 1 heterocycles. The molecule has 0 amide bonds. The molecule has 176 valence electrons. The van der Waals surface area contributed by atoms with Crippen LogP contribution in [0.2, 0.25) is 5.02 Å². The lowest BCUT2D eigenvalue weighted by molar-refractivity contribution is -0.166. The van der Waals surface area contributed by atoms with Gasteiger partial charge in [0.2, 0.25) is 0 Å². The van der Waals surface area contributed by atoms with Gasteiger partial charge in [0.25, 0.3) is 0 Å². The molecule has 0 atom stereocenters. The molecule has 0 aliphatic heterocycles. The van der Waals surface area contributed by atoms with Gasteiger partial charge in [-0.2, -0.15) is 5.10 Å². The number of carbonyl (C=O) groups is 1. The van der Waals surface area contributed by atoms with Crippen molar-refractivity contribution in [2.45, 2.75) is 46.4 Å². The topological polar surface area (TPSA) is 65.4 Å². The molecule has 6 nitrogen and oxygen atoms in total. The first-order valence-electron chi connectivity index (χ1n) is 11.1. The van der Waals surface area contributed by atoms with Crippen LogP contribution in [-0.4, -0.2) is 35.0 Å². The van der Waals surface area contributed by atoms with Crippen LogP contribution in [0.5, 0.6) is 0 Å². The van der Waals surface area contributed by atoms with E-state index in [9.17, 15) is 4.79 Å². The van der Waals surface area contributed by atoms with E-state index in [-0.39, 0.29) is 6.61 Å². The number of rotatable bonds is 10. The third kappa shape index (κ3) is 6.59. The fourth-order valence-electron chi connectivity index (χ4n) is 3.35. The molecule has 7 heteroatoms. The second-order valence-electron chi connectivity index (χ2n) is 8.92. The van der Waals surface area contributed by atoms with Gasteiger partial charge in [0, 0.05) is 22.8 Å². The van der Waals surface area contributed by atoms with Gasteiger partial charge in [-0.25, -0.2) is 4.79 Å². The van der Waals surface area contributed by atoms with Crippen LogP contribution in [0.4, 0.5) is 5.69 Å². The summed E-state index contributed by atoms with van der Waals surface area (Å²) in [6.07, 6.45) is 0. The number of benzene rings is 2. The number of nitrogens with zero attached hydrogens (tertiary/aromatic N) is 2. The van der Waals surface area contributed by atoms with Gasteiger partial charge >= 0.3 is 5.97 Å². The lowest BCUT2D eigenvalue weighted by Gasteiger charge is -2.21. The van der Waals surface area contributed by atoms with Crippen molar-refractivity contribution in [2.24, 2.45) is 5.92 Å². The summed E-state index contributed by atoms with van der Waals surface area (Å²) in [6.45, 7) is 9.31. The molecule has 0 aliphatic carbocycles. The van der Waals surface area contributed by atoms with Crippen LogP contribution in [0.1, 0.15) is 39.0 Å². The lowest BCUT2D eigenvalue weighted by Crippen LogP contribution is -2.35. The van der Waals surface area contributed by atoms with Crippen molar-refractivity contribution in [3.63, 3.8) is 0 Å². The fourth-order valence-corrected chi connectivity index (χ4v) is 3.55. The summed E-state index contributed by atoms with van der Waals surface area (Å²) in [6, 6.07) is 18.0. The molecule has 0 aliphatic rings. The Labute approximate surface area is 200 Å². The van der Waals surface area contributed by atoms with Crippen molar-refractivity contribution < 1.29 is 14.3 Å². The van der Waals surface area contributed by atoms with Crippen molar-refractivity contribution in [1.82, 2.24) is 9.78 Å². The fraction of sp³-hybridized carbons (Fsp3) is 0.385. The van der Waals surface area contributed by atoms with Crippen LogP contribution in [0.3, 0.4) is 0 Å². The Morgan fingerprint density at radius 3 is 2.61 bits per heavy atom. The van der Waals surface area contributed by atoms with Gasteiger partial charge in [-0.15, -0.1) is 0 Å². The first-order valence-corrected chi connectivity index (χ1v) is 11.4. The second-order valence-corrected chi connectivity index (χ2v) is 9.32. The van der Waals surface area contributed by atoms with Crippen molar-refractivity contribution >= 4 is 23.3 Å². The van der Waals surface area contributed by atoms with Gasteiger partial charge < -0.3 is 14.8 Å². The summed E-state index contributed by atoms with van der Waals surface area (Å²) in [7, 11) is 1.35. The van der Waals surface area contributed by atoms with Gasteiger partial charge in [-0.1, -0.05) is 55.8 Å². The Kier molecular flexibility index (Phi) is 8.16. The van der Waals surface area contributed by atoms with E-state index in [1.165, 1.54) is 7.11 Å². The molecule has 3 rings (SSSR count). The monoisotopic (exact) mass is 469 g/mol. The summed E-state index contributed by atoms with van der Waals surface area (Å²) in [5.74, 6) is 0.114. The van der Waals surface area contributed by atoms with Crippen LogP contribution >= 0.6 is 11.6 Å². The SMILES string of the molecule is COC(=O)C(C)(C)OCc1cc(-c2cccc(NCC(C)C)c2)n(Cc2ccccc2Cl)n1. The molecule has 0 bridgehead atoms. The zero-order valence-corrected chi connectivity index (χ0v) is 20.6. The summed E-state index contributed by atoms with van der Waals surface area (Å²) < 4.78 is 12.6. The number of nitrogens with one attached hydrogen (secondary N) is 1. The summed E-state index contributed by atoms with van der Waals surface area (Å²) in [4.78, 5) is 12.0. The van der Waals surface area contributed by atoms with E-state index in [4.69, 9.17) is 26.2 Å². The van der Waals surface area contributed by atoms with Crippen LogP contribution in [-0.2, 0) is 27.4 Å². The maximum absolute atomic E-state index is 12.0.